The Morgan fingerprint density at radius 1 is 1.50 bits per heavy atom. The zero-order valence-electron chi connectivity index (χ0n) is 9.10. The zero-order valence-corrected chi connectivity index (χ0v) is 9.10. The van der Waals surface area contributed by atoms with Crippen molar-refractivity contribution in [3.63, 3.8) is 0 Å². The number of amides is 1. The number of hydrogen-bond acceptors (Lipinski definition) is 3. The lowest BCUT2D eigenvalue weighted by molar-refractivity contribution is -0.137. The Hall–Kier alpha value is -1.42. The monoisotopic (exact) mass is 217 g/mol. The quantitative estimate of drug-likeness (QED) is 0.753. The third-order valence-corrected chi connectivity index (χ3v) is 3.48. The van der Waals surface area contributed by atoms with Gasteiger partial charge in [-0.2, -0.15) is 0 Å². The Balaban J connectivity index is 1.85. The van der Waals surface area contributed by atoms with E-state index in [1.165, 1.54) is 0 Å². The largest absolute Gasteiger partial charge is 0.337 e. The molecule has 16 heavy (non-hydrogen) atoms. The first-order valence-corrected chi connectivity index (χ1v) is 5.80. The molecule has 4 nitrogen and oxygen atoms in total. The number of carbonyl (C=O) groups is 1. The molecule has 2 aliphatic heterocycles. The van der Waals surface area contributed by atoms with Crippen molar-refractivity contribution in [3.8, 4) is 0 Å². The first-order valence-electron chi connectivity index (χ1n) is 5.80. The summed E-state index contributed by atoms with van der Waals surface area (Å²) in [6.07, 6.45) is 5.78. The summed E-state index contributed by atoms with van der Waals surface area (Å²) in [7, 11) is 0. The van der Waals surface area contributed by atoms with Crippen molar-refractivity contribution < 1.29 is 4.79 Å². The van der Waals surface area contributed by atoms with Crippen molar-refractivity contribution in [2.45, 2.75) is 24.9 Å². The first kappa shape index (κ1) is 9.78. The van der Waals surface area contributed by atoms with Crippen LogP contribution < -0.4 is 5.32 Å². The van der Waals surface area contributed by atoms with E-state index >= 15 is 0 Å². The Labute approximate surface area is 94.7 Å². The lowest BCUT2D eigenvalue weighted by Gasteiger charge is -2.35. The van der Waals surface area contributed by atoms with Gasteiger partial charge in [0.25, 0.3) is 0 Å². The van der Waals surface area contributed by atoms with E-state index in [-0.39, 0.29) is 11.9 Å². The van der Waals surface area contributed by atoms with Crippen LogP contribution in [0.3, 0.4) is 0 Å². The molecule has 0 saturated carbocycles. The molecule has 2 unspecified atom stereocenters. The smallest absolute Gasteiger partial charge is 0.244 e. The predicted octanol–water partition coefficient (Wildman–Crippen LogP) is 0.717. The lowest BCUT2D eigenvalue weighted by atomic mass is 10.0. The highest BCUT2D eigenvalue weighted by Gasteiger charge is 2.38. The molecule has 0 spiro atoms. The van der Waals surface area contributed by atoms with Crippen LogP contribution in [0.1, 0.15) is 24.4 Å². The number of rotatable bonds is 1. The second-order valence-corrected chi connectivity index (χ2v) is 4.46. The summed E-state index contributed by atoms with van der Waals surface area (Å²) in [6, 6.07) is 4.06. The average Bonchev–Trinajstić information content (AvgIpc) is 2.80. The van der Waals surface area contributed by atoms with Crippen LogP contribution in [-0.2, 0) is 4.79 Å². The second-order valence-electron chi connectivity index (χ2n) is 4.46. The molecule has 0 radical (unpaired) electrons. The average molecular weight is 217 g/mol. The highest BCUT2D eigenvalue weighted by Crippen LogP contribution is 2.26. The van der Waals surface area contributed by atoms with Crippen molar-refractivity contribution in [1.82, 2.24) is 15.2 Å². The second kappa shape index (κ2) is 3.87. The number of fused-ring (bicyclic) bond motifs is 1. The molecular weight excluding hydrogens is 202 g/mol. The molecule has 4 heteroatoms. The predicted molar refractivity (Wildman–Crippen MR) is 59.7 cm³/mol. The number of hydrogen-bond donors (Lipinski definition) is 1. The summed E-state index contributed by atoms with van der Waals surface area (Å²) in [5.41, 5.74) is 0.970. The van der Waals surface area contributed by atoms with E-state index in [9.17, 15) is 4.79 Å². The van der Waals surface area contributed by atoms with Crippen molar-refractivity contribution in [1.29, 1.82) is 0 Å². The summed E-state index contributed by atoms with van der Waals surface area (Å²) in [4.78, 5) is 18.3. The zero-order chi connectivity index (χ0) is 11.0. The van der Waals surface area contributed by atoms with Crippen LogP contribution in [0.5, 0.6) is 0 Å². The fraction of sp³-hybridized carbons (Fsp3) is 0.500. The molecule has 2 saturated heterocycles. The van der Waals surface area contributed by atoms with Gasteiger partial charge in [-0.3, -0.25) is 9.78 Å². The normalized spacial score (nSPS) is 29.2. The minimum Gasteiger partial charge on any atom is -0.337 e. The van der Waals surface area contributed by atoms with Gasteiger partial charge in [-0.05, 0) is 24.5 Å². The Morgan fingerprint density at radius 2 is 2.44 bits per heavy atom. The summed E-state index contributed by atoms with van der Waals surface area (Å²) in [5, 5.41) is 3.33. The Bertz CT molecular complexity index is 393. The van der Waals surface area contributed by atoms with Gasteiger partial charge in [-0.15, -0.1) is 0 Å². The number of nitrogens with zero attached hydrogens (tertiary/aromatic N) is 2. The fourth-order valence-corrected chi connectivity index (χ4v) is 2.65. The lowest BCUT2D eigenvalue weighted by Crippen LogP contribution is -2.53. The van der Waals surface area contributed by atoms with Crippen LogP contribution in [-0.4, -0.2) is 34.9 Å². The molecule has 84 valence electrons. The minimum atomic E-state index is -0.192. The van der Waals surface area contributed by atoms with Crippen LogP contribution in [0.15, 0.2) is 24.5 Å². The van der Waals surface area contributed by atoms with Crippen molar-refractivity contribution in [2.24, 2.45) is 0 Å². The SMILES string of the molecule is O=C1C(c2cccnc2)NCC2CCCN12. The van der Waals surface area contributed by atoms with Gasteiger partial charge in [0.15, 0.2) is 0 Å². The van der Waals surface area contributed by atoms with E-state index in [1.54, 1.807) is 12.4 Å². The third kappa shape index (κ3) is 1.50. The maximum Gasteiger partial charge on any atom is 0.244 e. The third-order valence-electron chi connectivity index (χ3n) is 3.48. The van der Waals surface area contributed by atoms with Gasteiger partial charge in [-0.1, -0.05) is 6.07 Å². The Kier molecular flexibility index (Phi) is 2.36. The molecule has 1 amide bonds. The maximum atomic E-state index is 12.2. The number of carbonyl (C=O) groups excluding carboxylic acids is 1. The van der Waals surface area contributed by atoms with Crippen molar-refractivity contribution >= 4 is 5.91 Å². The topological polar surface area (TPSA) is 45.2 Å². The van der Waals surface area contributed by atoms with Gasteiger partial charge < -0.3 is 10.2 Å². The van der Waals surface area contributed by atoms with E-state index < -0.39 is 0 Å². The van der Waals surface area contributed by atoms with Crippen LogP contribution >= 0.6 is 0 Å². The van der Waals surface area contributed by atoms with Gasteiger partial charge in [0.05, 0.1) is 0 Å². The van der Waals surface area contributed by atoms with Gasteiger partial charge in [0.2, 0.25) is 5.91 Å². The fourth-order valence-electron chi connectivity index (χ4n) is 2.65. The van der Waals surface area contributed by atoms with Crippen LogP contribution in [0, 0.1) is 0 Å². The Morgan fingerprint density at radius 3 is 3.25 bits per heavy atom. The number of piperazine rings is 1. The summed E-state index contributed by atoms with van der Waals surface area (Å²) in [6.45, 7) is 1.83. The summed E-state index contributed by atoms with van der Waals surface area (Å²) in [5.74, 6) is 0.210. The molecule has 2 atom stereocenters. The minimum absolute atomic E-state index is 0.192. The van der Waals surface area contributed by atoms with Gasteiger partial charge in [0.1, 0.15) is 6.04 Å². The van der Waals surface area contributed by atoms with Crippen LogP contribution in [0.25, 0.3) is 0 Å². The van der Waals surface area contributed by atoms with Crippen LogP contribution in [0.4, 0.5) is 0 Å². The highest BCUT2D eigenvalue weighted by atomic mass is 16.2. The van der Waals surface area contributed by atoms with E-state index in [4.69, 9.17) is 0 Å². The molecule has 3 heterocycles. The van der Waals surface area contributed by atoms with E-state index in [1.807, 2.05) is 17.0 Å². The first-order chi connectivity index (χ1) is 7.86. The van der Waals surface area contributed by atoms with E-state index in [0.29, 0.717) is 6.04 Å². The highest BCUT2D eigenvalue weighted by molar-refractivity contribution is 5.84. The molecule has 1 aromatic rings. The molecule has 3 rings (SSSR count). The molecule has 0 aliphatic carbocycles. The summed E-state index contributed by atoms with van der Waals surface area (Å²) < 4.78 is 0. The van der Waals surface area contributed by atoms with Crippen molar-refractivity contribution in [3.05, 3.63) is 30.1 Å². The number of pyridine rings is 1. The van der Waals surface area contributed by atoms with Crippen LogP contribution in [0.2, 0.25) is 0 Å². The number of nitrogens with one attached hydrogen (secondary N) is 1. The van der Waals surface area contributed by atoms with Gasteiger partial charge in [0, 0.05) is 31.5 Å². The van der Waals surface area contributed by atoms with E-state index in [0.717, 1.165) is 31.5 Å². The standard InChI is InChI=1S/C12H15N3O/c16-12-11(9-3-1-5-13-7-9)14-8-10-4-2-6-15(10)12/h1,3,5,7,10-11,14H,2,4,6,8H2. The molecule has 0 aromatic carbocycles. The van der Waals surface area contributed by atoms with Crippen molar-refractivity contribution in [2.75, 3.05) is 13.1 Å². The summed E-state index contributed by atoms with van der Waals surface area (Å²) >= 11 is 0. The molecule has 1 aromatic heterocycles. The molecular formula is C12H15N3O. The van der Waals surface area contributed by atoms with E-state index in [2.05, 4.69) is 10.3 Å². The molecule has 2 fully saturated rings. The van der Waals surface area contributed by atoms with Gasteiger partial charge in [-0.25, -0.2) is 0 Å². The number of aromatic nitrogens is 1. The molecule has 1 N–H and O–H groups in total. The molecule has 0 bridgehead atoms. The molecule has 2 aliphatic rings. The maximum absolute atomic E-state index is 12.2. The van der Waals surface area contributed by atoms with Gasteiger partial charge >= 0.3 is 0 Å².